The predicted octanol–water partition coefficient (Wildman–Crippen LogP) is 2.80. The van der Waals surface area contributed by atoms with Gasteiger partial charge in [0.25, 0.3) is 5.56 Å². The van der Waals surface area contributed by atoms with Gasteiger partial charge in [-0.2, -0.15) is 0 Å². The second-order valence-corrected chi connectivity index (χ2v) is 9.08. The molecule has 0 amide bonds. The predicted molar refractivity (Wildman–Crippen MR) is 130 cm³/mol. The molecular weight excluding hydrogens is 480 g/mol. The lowest BCUT2D eigenvalue weighted by atomic mass is 10.00. The molecule has 4 heterocycles. The van der Waals surface area contributed by atoms with E-state index in [2.05, 4.69) is 0 Å². The summed E-state index contributed by atoms with van der Waals surface area (Å²) in [5.41, 5.74) is 2.98. The van der Waals surface area contributed by atoms with Crippen LogP contribution in [0.3, 0.4) is 0 Å². The largest absolute Gasteiger partial charge is 0.458 e. The van der Waals surface area contributed by atoms with Crippen LogP contribution in [0.2, 0.25) is 0 Å². The first-order valence-electron chi connectivity index (χ1n) is 11.8. The maximum atomic E-state index is 13.3. The van der Waals surface area contributed by atoms with Gasteiger partial charge < -0.3 is 23.5 Å². The Hall–Kier alpha value is -4.31. The molecule has 10 heteroatoms. The molecule has 0 radical (unpaired) electrons. The second kappa shape index (κ2) is 9.98. The Bertz CT molecular complexity index is 1500. The summed E-state index contributed by atoms with van der Waals surface area (Å²) in [6, 6.07) is 11.3. The van der Waals surface area contributed by atoms with E-state index in [1.54, 1.807) is 16.7 Å². The van der Waals surface area contributed by atoms with E-state index >= 15 is 0 Å². The van der Waals surface area contributed by atoms with Crippen molar-refractivity contribution < 1.29 is 33.3 Å². The summed E-state index contributed by atoms with van der Waals surface area (Å²) in [5.74, 6) is -2.17. The maximum Gasteiger partial charge on any atom is 0.352 e. The topological polar surface area (TPSA) is 123 Å². The first kappa shape index (κ1) is 24.4. The first-order chi connectivity index (χ1) is 17.8. The lowest BCUT2D eigenvalue weighted by Crippen LogP contribution is -2.35. The summed E-state index contributed by atoms with van der Waals surface area (Å²) in [7, 11) is 0. The van der Waals surface area contributed by atoms with Crippen molar-refractivity contribution in [1.29, 1.82) is 0 Å². The molecule has 1 unspecified atom stereocenters. The fourth-order valence-electron chi connectivity index (χ4n) is 4.26. The highest BCUT2D eigenvalue weighted by Crippen LogP contribution is 2.36. The molecule has 1 atom stereocenters. The highest BCUT2D eigenvalue weighted by molar-refractivity contribution is 5.86. The van der Waals surface area contributed by atoms with Crippen molar-refractivity contribution in [3.8, 4) is 11.4 Å². The number of hydrogen-bond donors (Lipinski definition) is 0. The third-order valence-corrected chi connectivity index (χ3v) is 6.02. The average Bonchev–Trinajstić information content (AvgIpc) is 3.22. The van der Waals surface area contributed by atoms with Gasteiger partial charge in [0.05, 0.1) is 35.3 Å². The van der Waals surface area contributed by atoms with Crippen molar-refractivity contribution in [1.82, 2.24) is 9.55 Å². The monoisotopic (exact) mass is 504 g/mol. The van der Waals surface area contributed by atoms with E-state index in [4.69, 9.17) is 23.9 Å². The normalized spacial score (nSPS) is 15.9. The van der Waals surface area contributed by atoms with Gasteiger partial charge in [0.15, 0.2) is 0 Å². The van der Waals surface area contributed by atoms with Crippen molar-refractivity contribution >= 4 is 28.8 Å². The van der Waals surface area contributed by atoms with Gasteiger partial charge >= 0.3 is 17.9 Å². The third kappa shape index (κ3) is 4.88. The zero-order chi connectivity index (χ0) is 26.1. The highest BCUT2D eigenvalue weighted by Gasteiger charge is 2.37. The number of fused-ring (bicyclic) bond motifs is 5. The number of esters is 3. The Labute approximate surface area is 211 Å². The molecule has 2 aliphatic heterocycles. The van der Waals surface area contributed by atoms with E-state index in [9.17, 15) is 19.2 Å². The van der Waals surface area contributed by atoms with Gasteiger partial charge in [-0.3, -0.25) is 4.79 Å². The fraction of sp³-hybridized carbons (Fsp3) is 0.296. The molecule has 0 saturated heterocycles. The molecule has 0 saturated carbocycles. The summed E-state index contributed by atoms with van der Waals surface area (Å²) in [4.78, 5) is 54.6. The summed E-state index contributed by atoms with van der Waals surface area (Å²) in [5, 5.41) is 0.956. The molecule has 1 aromatic carbocycles. The molecule has 5 rings (SSSR count). The molecule has 37 heavy (non-hydrogen) atoms. The molecule has 0 N–H and O–H groups in total. The van der Waals surface area contributed by atoms with Gasteiger partial charge in [-0.15, -0.1) is 0 Å². The number of ether oxygens (including phenoxy) is 4. The molecule has 2 aromatic heterocycles. The van der Waals surface area contributed by atoms with Crippen LogP contribution in [-0.4, -0.2) is 40.7 Å². The van der Waals surface area contributed by atoms with E-state index in [0.29, 0.717) is 17.9 Å². The van der Waals surface area contributed by atoms with E-state index in [0.717, 1.165) is 16.5 Å². The number of hydrogen-bond acceptors (Lipinski definition) is 9. The van der Waals surface area contributed by atoms with E-state index in [-0.39, 0.29) is 29.2 Å². The SMILES string of the molecule is CC(C)C=COC(=O)COCC(=O)OC1C(=O)OCc2c1cc1n(c2=O)Cc2cc3ccccc3nc2-1. The van der Waals surface area contributed by atoms with Crippen molar-refractivity contribution in [3.05, 3.63) is 75.8 Å². The lowest BCUT2D eigenvalue weighted by Gasteiger charge is -2.25. The van der Waals surface area contributed by atoms with Crippen LogP contribution < -0.4 is 5.56 Å². The van der Waals surface area contributed by atoms with Crippen LogP contribution in [-0.2, 0) is 46.5 Å². The number of pyridine rings is 2. The number of cyclic esters (lactones) is 1. The summed E-state index contributed by atoms with van der Waals surface area (Å²) in [6.45, 7) is 2.88. The number of nitrogens with zero attached hydrogens (tertiary/aromatic N) is 2. The van der Waals surface area contributed by atoms with Crippen LogP contribution in [0.15, 0.2) is 53.5 Å². The van der Waals surface area contributed by atoms with E-state index in [1.807, 2.05) is 44.2 Å². The Morgan fingerprint density at radius 2 is 1.95 bits per heavy atom. The van der Waals surface area contributed by atoms with Crippen LogP contribution in [0.4, 0.5) is 0 Å². The van der Waals surface area contributed by atoms with E-state index in [1.165, 1.54) is 6.26 Å². The lowest BCUT2D eigenvalue weighted by molar-refractivity contribution is -0.174. The number of para-hydroxylation sites is 1. The number of allylic oxidation sites excluding steroid dienone is 1. The van der Waals surface area contributed by atoms with Gasteiger partial charge in [-0.25, -0.2) is 19.4 Å². The summed E-state index contributed by atoms with van der Waals surface area (Å²) < 4.78 is 21.9. The molecule has 190 valence electrons. The van der Waals surface area contributed by atoms with Crippen LogP contribution >= 0.6 is 0 Å². The molecule has 0 bridgehead atoms. The molecule has 10 nitrogen and oxygen atoms in total. The summed E-state index contributed by atoms with van der Waals surface area (Å²) >= 11 is 0. The smallest absolute Gasteiger partial charge is 0.352 e. The van der Waals surface area contributed by atoms with Crippen LogP contribution in [0.25, 0.3) is 22.3 Å². The molecular formula is C27H24N2O8. The highest BCUT2D eigenvalue weighted by atomic mass is 16.6. The Kier molecular flexibility index (Phi) is 6.58. The van der Waals surface area contributed by atoms with Crippen LogP contribution in [0, 0.1) is 5.92 Å². The zero-order valence-electron chi connectivity index (χ0n) is 20.3. The summed E-state index contributed by atoms with van der Waals surface area (Å²) in [6.07, 6.45) is 1.51. The standard InChI is InChI=1S/C27H24N2O8/c1-15(2)7-8-35-22(30)13-34-14-23(31)37-25-18-10-21-24-17(9-16-5-3-4-6-20(16)28-24)11-29(21)26(32)19(18)12-36-27(25)33/h3-10,15,25H,11-14H2,1-2H3. The van der Waals surface area contributed by atoms with E-state index < -0.39 is 37.2 Å². The Balaban J connectivity index is 1.34. The molecule has 0 spiro atoms. The number of benzene rings is 1. The zero-order valence-corrected chi connectivity index (χ0v) is 20.3. The quantitative estimate of drug-likeness (QED) is 0.212. The van der Waals surface area contributed by atoms with Crippen molar-refractivity contribution in [2.45, 2.75) is 33.1 Å². The minimum atomic E-state index is -1.44. The minimum Gasteiger partial charge on any atom is -0.458 e. The number of aromatic nitrogens is 2. The van der Waals surface area contributed by atoms with Crippen molar-refractivity contribution in [2.24, 2.45) is 5.92 Å². The number of carbonyl (C=O) groups excluding carboxylic acids is 3. The van der Waals surface area contributed by atoms with Gasteiger partial charge in [0.2, 0.25) is 6.10 Å². The van der Waals surface area contributed by atoms with Crippen LogP contribution in [0.5, 0.6) is 0 Å². The Morgan fingerprint density at radius 1 is 1.16 bits per heavy atom. The van der Waals surface area contributed by atoms with Crippen LogP contribution in [0.1, 0.15) is 36.6 Å². The fourth-order valence-corrected chi connectivity index (χ4v) is 4.26. The number of rotatable bonds is 7. The van der Waals surface area contributed by atoms with Gasteiger partial charge in [0, 0.05) is 16.5 Å². The van der Waals surface area contributed by atoms with Crippen molar-refractivity contribution in [3.63, 3.8) is 0 Å². The molecule has 0 fully saturated rings. The van der Waals surface area contributed by atoms with Crippen molar-refractivity contribution in [2.75, 3.05) is 13.2 Å². The average molecular weight is 504 g/mol. The second-order valence-electron chi connectivity index (χ2n) is 9.08. The van der Waals surface area contributed by atoms with Gasteiger partial charge in [-0.05, 0) is 30.2 Å². The Morgan fingerprint density at radius 3 is 2.76 bits per heavy atom. The molecule has 3 aromatic rings. The van der Waals surface area contributed by atoms with Gasteiger partial charge in [0.1, 0.15) is 19.8 Å². The maximum absolute atomic E-state index is 13.3. The minimum absolute atomic E-state index is 0.208. The molecule has 2 aliphatic rings. The first-order valence-corrected chi connectivity index (χ1v) is 11.8. The van der Waals surface area contributed by atoms with Gasteiger partial charge in [-0.1, -0.05) is 32.0 Å². The number of carbonyl (C=O) groups is 3. The third-order valence-electron chi connectivity index (χ3n) is 6.02. The molecule has 0 aliphatic carbocycles.